The maximum absolute atomic E-state index is 11.9. The molecule has 19 heavy (non-hydrogen) atoms. The van der Waals surface area contributed by atoms with Gasteiger partial charge in [-0.15, -0.1) is 0 Å². The van der Waals surface area contributed by atoms with Crippen molar-refractivity contribution in [2.24, 2.45) is 0 Å². The van der Waals surface area contributed by atoms with Crippen molar-refractivity contribution < 1.29 is 4.79 Å². The zero-order valence-corrected chi connectivity index (χ0v) is 10.4. The van der Waals surface area contributed by atoms with Crippen molar-refractivity contribution in [3.8, 4) is 0 Å². The average molecular weight is 250 g/mol. The monoisotopic (exact) mass is 250 g/mol. The summed E-state index contributed by atoms with van der Waals surface area (Å²) in [6, 6.07) is 17.3. The molecule has 1 aliphatic carbocycles. The van der Waals surface area contributed by atoms with Gasteiger partial charge >= 0.3 is 0 Å². The summed E-state index contributed by atoms with van der Waals surface area (Å²) >= 11 is 0. The standard InChI is InChI=1S/C16H14N2O/c19-16(13-7-2-1-3-8-13)18-17-15-11-10-12-6-4-5-9-14(12)15/h1-9,11,17H,10H2,(H,18,19). The lowest BCUT2D eigenvalue weighted by Crippen LogP contribution is -2.35. The van der Waals surface area contributed by atoms with Gasteiger partial charge < -0.3 is 0 Å². The molecule has 2 N–H and O–H groups in total. The fraction of sp³-hybridized carbons (Fsp3) is 0.0625. The van der Waals surface area contributed by atoms with Gasteiger partial charge in [0.15, 0.2) is 0 Å². The number of rotatable bonds is 3. The van der Waals surface area contributed by atoms with Gasteiger partial charge in [-0.2, -0.15) is 0 Å². The minimum absolute atomic E-state index is 0.133. The molecule has 0 atom stereocenters. The summed E-state index contributed by atoms with van der Waals surface area (Å²) in [5, 5.41) is 0. The molecule has 0 unspecified atom stereocenters. The highest BCUT2D eigenvalue weighted by molar-refractivity contribution is 5.94. The van der Waals surface area contributed by atoms with Crippen LogP contribution in [0.2, 0.25) is 0 Å². The number of hydrogen-bond acceptors (Lipinski definition) is 2. The smallest absolute Gasteiger partial charge is 0.269 e. The Morgan fingerprint density at radius 3 is 2.53 bits per heavy atom. The summed E-state index contributed by atoms with van der Waals surface area (Å²) in [6.07, 6.45) is 2.98. The second-order valence-electron chi connectivity index (χ2n) is 4.42. The fourth-order valence-corrected chi connectivity index (χ4v) is 2.19. The highest BCUT2D eigenvalue weighted by Gasteiger charge is 2.13. The first-order valence-corrected chi connectivity index (χ1v) is 6.24. The summed E-state index contributed by atoms with van der Waals surface area (Å²) in [5.41, 5.74) is 9.75. The number of hydrogen-bond donors (Lipinski definition) is 2. The largest absolute Gasteiger partial charge is 0.298 e. The molecule has 0 radical (unpaired) electrons. The number of benzene rings is 2. The van der Waals surface area contributed by atoms with Gasteiger partial charge in [-0.3, -0.25) is 15.6 Å². The van der Waals surface area contributed by atoms with Crippen LogP contribution < -0.4 is 10.9 Å². The number of allylic oxidation sites excluding steroid dienone is 1. The van der Waals surface area contributed by atoms with Gasteiger partial charge in [0.05, 0.1) is 5.70 Å². The Labute approximate surface area is 111 Å². The Bertz CT molecular complexity index is 632. The summed E-state index contributed by atoms with van der Waals surface area (Å²) in [4.78, 5) is 11.9. The van der Waals surface area contributed by atoms with E-state index in [0.717, 1.165) is 17.7 Å². The number of hydrazine groups is 1. The maximum Gasteiger partial charge on any atom is 0.269 e. The summed E-state index contributed by atoms with van der Waals surface area (Å²) in [5.74, 6) is -0.133. The van der Waals surface area contributed by atoms with Crippen LogP contribution in [-0.2, 0) is 6.42 Å². The van der Waals surface area contributed by atoms with E-state index in [-0.39, 0.29) is 5.91 Å². The molecule has 3 rings (SSSR count). The van der Waals surface area contributed by atoms with Crippen molar-refractivity contribution in [1.82, 2.24) is 10.9 Å². The van der Waals surface area contributed by atoms with Crippen LogP contribution in [0.4, 0.5) is 0 Å². The minimum atomic E-state index is -0.133. The lowest BCUT2D eigenvalue weighted by molar-refractivity contribution is 0.0942. The number of fused-ring (bicyclic) bond motifs is 1. The minimum Gasteiger partial charge on any atom is -0.298 e. The van der Waals surface area contributed by atoms with E-state index in [0.29, 0.717) is 5.56 Å². The van der Waals surface area contributed by atoms with Gasteiger partial charge in [0.1, 0.15) is 0 Å². The lowest BCUT2D eigenvalue weighted by atomic mass is 10.1. The molecule has 1 amide bonds. The second-order valence-corrected chi connectivity index (χ2v) is 4.42. The number of amides is 1. The highest BCUT2D eigenvalue weighted by Crippen LogP contribution is 2.24. The zero-order valence-electron chi connectivity index (χ0n) is 10.4. The molecule has 0 spiro atoms. The summed E-state index contributed by atoms with van der Waals surface area (Å²) in [6.45, 7) is 0. The van der Waals surface area contributed by atoms with Crippen LogP contribution in [-0.4, -0.2) is 5.91 Å². The fourth-order valence-electron chi connectivity index (χ4n) is 2.19. The van der Waals surface area contributed by atoms with Gasteiger partial charge in [0.2, 0.25) is 0 Å². The Kier molecular flexibility index (Phi) is 3.02. The first kappa shape index (κ1) is 11.5. The molecule has 2 aromatic carbocycles. The van der Waals surface area contributed by atoms with E-state index >= 15 is 0 Å². The van der Waals surface area contributed by atoms with Crippen LogP contribution in [0, 0.1) is 0 Å². The Balaban J connectivity index is 1.67. The highest BCUT2D eigenvalue weighted by atomic mass is 16.2. The topological polar surface area (TPSA) is 41.1 Å². The van der Waals surface area contributed by atoms with E-state index in [9.17, 15) is 4.79 Å². The molecule has 0 saturated heterocycles. The number of nitrogens with one attached hydrogen (secondary N) is 2. The second kappa shape index (κ2) is 4.98. The molecule has 3 heteroatoms. The van der Waals surface area contributed by atoms with Crippen LogP contribution in [0.1, 0.15) is 21.5 Å². The molecule has 1 aliphatic rings. The molecular formula is C16H14N2O. The first-order valence-electron chi connectivity index (χ1n) is 6.24. The molecule has 0 aliphatic heterocycles. The number of carbonyl (C=O) groups is 1. The predicted octanol–water partition coefficient (Wildman–Crippen LogP) is 2.52. The molecule has 94 valence electrons. The quantitative estimate of drug-likeness (QED) is 0.822. The van der Waals surface area contributed by atoms with Crippen LogP contribution in [0.3, 0.4) is 0 Å². The zero-order chi connectivity index (χ0) is 13.1. The molecular weight excluding hydrogens is 236 g/mol. The van der Waals surface area contributed by atoms with Crippen molar-refractivity contribution in [1.29, 1.82) is 0 Å². The average Bonchev–Trinajstić information content (AvgIpc) is 2.89. The maximum atomic E-state index is 11.9. The van der Waals surface area contributed by atoms with Crippen LogP contribution in [0.25, 0.3) is 5.70 Å². The molecule has 0 fully saturated rings. The van der Waals surface area contributed by atoms with E-state index in [1.54, 1.807) is 12.1 Å². The van der Waals surface area contributed by atoms with Crippen molar-refractivity contribution in [3.63, 3.8) is 0 Å². The van der Waals surface area contributed by atoms with Crippen LogP contribution in [0.15, 0.2) is 60.7 Å². The van der Waals surface area contributed by atoms with E-state index in [1.807, 2.05) is 30.3 Å². The van der Waals surface area contributed by atoms with Gasteiger partial charge in [-0.25, -0.2) is 0 Å². The summed E-state index contributed by atoms with van der Waals surface area (Å²) < 4.78 is 0. The Hall–Kier alpha value is -2.55. The third-order valence-corrected chi connectivity index (χ3v) is 3.18. The van der Waals surface area contributed by atoms with Gasteiger partial charge in [-0.1, -0.05) is 48.5 Å². The van der Waals surface area contributed by atoms with Crippen molar-refractivity contribution in [2.75, 3.05) is 0 Å². The van der Waals surface area contributed by atoms with E-state index in [4.69, 9.17) is 0 Å². The third-order valence-electron chi connectivity index (χ3n) is 3.18. The van der Waals surface area contributed by atoms with Crippen molar-refractivity contribution >= 4 is 11.6 Å². The van der Waals surface area contributed by atoms with Crippen molar-refractivity contribution in [3.05, 3.63) is 77.4 Å². The predicted molar refractivity (Wildman–Crippen MR) is 75.2 cm³/mol. The van der Waals surface area contributed by atoms with Crippen LogP contribution >= 0.6 is 0 Å². The first-order chi connectivity index (χ1) is 9.34. The summed E-state index contributed by atoms with van der Waals surface area (Å²) in [7, 11) is 0. The normalized spacial score (nSPS) is 12.5. The van der Waals surface area contributed by atoms with Crippen LogP contribution in [0.5, 0.6) is 0 Å². The SMILES string of the molecule is O=C(NNC1=CCc2ccccc21)c1ccccc1. The van der Waals surface area contributed by atoms with Gasteiger partial charge in [0.25, 0.3) is 5.91 Å². The van der Waals surface area contributed by atoms with Crippen molar-refractivity contribution in [2.45, 2.75) is 6.42 Å². The molecule has 0 saturated carbocycles. The third kappa shape index (κ3) is 2.36. The molecule has 3 nitrogen and oxygen atoms in total. The lowest BCUT2D eigenvalue weighted by Gasteiger charge is -2.10. The number of carbonyl (C=O) groups excluding carboxylic acids is 1. The van der Waals surface area contributed by atoms with E-state index < -0.39 is 0 Å². The molecule has 0 bridgehead atoms. The molecule has 0 aromatic heterocycles. The van der Waals surface area contributed by atoms with Gasteiger partial charge in [0, 0.05) is 11.1 Å². The Morgan fingerprint density at radius 1 is 0.947 bits per heavy atom. The molecule has 0 heterocycles. The Morgan fingerprint density at radius 2 is 1.68 bits per heavy atom. The van der Waals surface area contributed by atoms with E-state index in [1.165, 1.54) is 5.56 Å². The van der Waals surface area contributed by atoms with E-state index in [2.05, 4.69) is 29.1 Å². The van der Waals surface area contributed by atoms with Gasteiger partial charge in [-0.05, 0) is 24.1 Å². The molecule has 2 aromatic rings.